The maximum atomic E-state index is 14.0. The fraction of sp³-hybridized carbons (Fsp3) is 0.472. The van der Waals surface area contributed by atoms with Crippen molar-refractivity contribution in [2.75, 3.05) is 19.7 Å². The Morgan fingerprint density at radius 2 is 1.63 bits per heavy atom. The summed E-state index contributed by atoms with van der Waals surface area (Å²) in [5.74, 6) is -1.94. The van der Waals surface area contributed by atoms with Gasteiger partial charge >= 0.3 is 5.97 Å². The SMILES string of the molecule is CC(=O)NCCCC[C@H](NC(=O)[C@@H](N)Cc1c[nH]c2c(C)cccc12)C(=O)N[C@H](C(=O)N[C@@H](Cc1ccc(OCCNP)cc1)C(=O)OP)C(C)(C)SP. The molecule has 3 aromatic rings. The molecule has 0 aliphatic rings. The van der Waals surface area contributed by atoms with Crippen molar-refractivity contribution in [3.05, 3.63) is 65.4 Å². The van der Waals surface area contributed by atoms with Crippen LogP contribution in [0.5, 0.6) is 5.75 Å². The largest absolute Gasteiger partial charge is 0.492 e. The highest BCUT2D eigenvalue weighted by atomic mass is 32.7. The Morgan fingerprint density at radius 3 is 2.28 bits per heavy atom. The van der Waals surface area contributed by atoms with E-state index < -0.39 is 52.6 Å². The monoisotopic (exact) mass is 821 g/mol. The lowest BCUT2D eigenvalue weighted by molar-refractivity contribution is -0.139. The maximum Gasteiger partial charge on any atom is 0.331 e. The van der Waals surface area contributed by atoms with Gasteiger partial charge in [0.1, 0.15) is 30.5 Å². The van der Waals surface area contributed by atoms with Crippen LogP contribution in [0.1, 0.15) is 56.7 Å². The predicted molar refractivity (Wildman–Crippen MR) is 224 cm³/mol. The fourth-order valence-electron chi connectivity index (χ4n) is 5.73. The quantitative estimate of drug-likeness (QED) is 0.0583. The van der Waals surface area contributed by atoms with Gasteiger partial charge in [0, 0.05) is 48.3 Å². The first kappa shape index (κ1) is 45.1. The van der Waals surface area contributed by atoms with Crippen LogP contribution in [0.25, 0.3) is 10.9 Å². The van der Waals surface area contributed by atoms with Crippen LogP contribution in [0.15, 0.2) is 48.7 Å². The van der Waals surface area contributed by atoms with Gasteiger partial charge in [-0.15, -0.1) is 11.4 Å². The molecular formula is C36H54N7O7P3S. The normalized spacial score (nSPS) is 13.6. The molecule has 4 amide bonds. The summed E-state index contributed by atoms with van der Waals surface area (Å²) in [6.45, 7) is 8.49. The van der Waals surface area contributed by atoms with E-state index in [9.17, 15) is 24.0 Å². The van der Waals surface area contributed by atoms with E-state index in [1.807, 2.05) is 40.8 Å². The number of carbonyl (C=O) groups is 5. The van der Waals surface area contributed by atoms with E-state index in [-0.39, 0.29) is 25.2 Å². The maximum absolute atomic E-state index is 14.0. The zero-order valence-corrected chi connectivity index (χ0v) is 35.4. The molecule has 18 heteroatoms. The number of benzene rings is 2. The number of H-pyrrole nitrogens is 1. The Bertz CT molecular complexity index is 1730. The molecule has 1 heterocycles. The van der Waals surface area contributed by atoms with Crippen molar-refractivity contribution in [2.45, 2.75) is 88.7 Å². The summed E-state index contributed by atoms with van der Waals surface area (Å²) in [5.41, 5.74) is 10.0. The topological polar surface area (TPSA) is 206 Å². The Hall–Kier alpha value is -3.31. The first-order valence-corrected chi connectivity index (χ1v) is 20.9. The average Bonchev–Trinajstić information content (AvgIpc) is 3.56. The number of ether oxygens (including phenoxy) is 1. The van der Waals surface area contributed by atoms with Gasteiger partial charge in [-0.25, -0.2) is 4.79 Å². The number of carbonyl (C=O) groups excluding carboxylic acids is 5. The molecule has 3 unspecified atom stereocenters. The van der Waals surface area contributed by atoms with Gasteiger partial charge in [0.2, 0.25) is 23.6 Å². The first-order chi connectivity index (χ1) is 25.7. The van der Waals surface area contributed by atoms with Crippen LogP contribution in [0.4, 0.5) is 0 Å². The van der Waals surface area contributed by atoms with E-state index in [4.69, 9.17) is 15.0 Å². The van der Waals surface area contributed by atoms with Crippen molar-refractivity contribution in [1.29, 1.82) is 0 Å². The highest BCUT2D eigenvalue weighted by molar-refractivity contribution is 8.44. The molecule has 0 radical (unpaired) electrons. The van der Waals surface area contributed by atoms with Crippen molar-refractivity contribution in [3.63, 3.8) is 0 Å². The Kier molecular flexibility index (Phi) is 18.6. The number of aryl methyl sites for hydroxylation is 1. The van der Waals surface area contributed by atoms with E-state index >= 15 is 0 Å². The summed E-state index contributed by atoms with van der Waals surface area (Å²) in [6.07, 6.45) is 3.42. The molecule has 296 valence electrons. The molecule has 0 fully saturated rings. The highest BCUT2D eigenvalue weighted by Gasteiger charge is 2.39. The van der Waals surface area contributed by atoms with E-state index in [2.05, 4.69) is 49.2 Å². The van der Waals surface area contributed by atoms with Gasteiger partial charge in [-0.2, -0.15) is 0 Å². The van der Waals surface area contributed by atoms with Gasteiger partial charge in [0.15, 0.2) is 0 Å². The highest BCUT2D eigenvalue weighted by Crippen LogP contribution is 2.34. The number of fused-ring (bicyclic) bond motifs is 1. The molecule has 0 bridgehead atoms. The number of rotatable bonds is 22. The van der Waals surface area contributed by atoms with Crippen LogP contribution in [-0.2, 0) is 41.3 Å². The van der Waals surface area contributed by atoms with Gasteiger partial charge in [0.25, 0.3) is 0 Å². The number of nitrogens with two attached hydrogens (primary N) is 1. The van der Waals surface area contributed by atoms with E-state index in [0.717, 1.165) is 27.6 Å². The molecule has 3 rings (SSSR count). The van der Waals surface area contributed by atoms with Crippen LogP contribution in [0, 0.1) is 6.92 Å². The van der Waals surface area contributed by atoms with E-state index in [1.165, 1.54) is 18.3 Å². The summed E-state index contributed by atoms with van der Waals surface area (Å²) in [5, 5.41) is 15.1. The van der Waals surface area contributed by atoms with Gasteiger partial charge in [-0.3, -0.25) is 24.3 Å². The Balaban J connectivity index is 1.78. The summed E-state index contributed by atoms with van der Waals surface area (Å²) >= 11 is 1.27. The number of hydrogen-bond donors (Lipinski definition) is 7. The fourth-order valence-corrected chi connectivity index (χ4v) is 6.72. The van der Waals surface area contributed by atoms with Crippen LogP contribution in [0.2, 0.25) is 0 Å². The number of aromatic amines is 1. The number of para-hydroxylation sites is 1. The van der Waals surface area contributed by atoms with Gasteiger partial charge < -0.3 is 41.2 Å². The number of amides is 4. The minimum atomic E-state index is -1.14. The molecule has 0 aliphatic carbocycles. The molecule has 0 saturated heterocycles. The van der Waals surface area contributed by atoms with Crippen molar-refractivity contribution in [1.82, 2.24) is 31.3 Å². The van der Waals surface area contributed by atoms with E-state index in [1.54, 1.807) is 38.1 Å². The van der Waals surface area contributed by atoms with E-state index in [0.29, 0.717) is 38.3 Å². The Labute approximate surface area is 328 Å². The van der Waals surface area contributed by atoms with Crippen LogP contribution >= 0.6 is 38.7 Å². The Morgan fingerprint density at radius 1 is 0.926 bits per heavy atom. The second-order valence-electron chi connectivity index (χ2n) is 13.5. The third kappa shape index (κ3) is 13.8. The van der Waals surface area contributed by atoms with Crippen molar-refractivity contribution < 1.29 is 33.2 Å². The molecule has 0 aliphatic heterocycles. The molecule has 0 spiro atoms. The molecule has 2 aromatic carbocycles. The minimum Gasteiger partial charge on any atom is -0.492 e. The first-order valence-electron chi connectivity index (χ1n) is 17.6. The molecule has 8 N–H and O–H groups in total. The van der Waals surface area contributed by atoms with Gasteiger partial charge in [-0.1, -0.05) is 48.2 Å². The molecule has 0 saturated carbocycles. The van der Waals surface area contributed by atoms with Crippen molar-refractivity contribution in [2.24, 2.45) is 5.73 Å². The van der Waals surface area contributed by atoms with Gasteiger partial charge in [-0.05, 0) is 75.3 Å². The lowest BCUT2D eigenvalue weighted by atomic mass is 9.99. The lowest BCUT2D eigenvalue weighted by Gasteiger charge is -2.34. The predicted octanol–water partition coefficient (Wildman–Crippen LogP) is 2.74. The standard InChI is InChI=1S/C36H54N7O7P3S/c1-21-8-7-9-26-24(20-39-30(21)26)19-27(37)32(45)41-28(10-5-6-15-38-22(2)44)33(46)43-31(36(3,4)54-53)34(47)42-29(35(48)50-52)18-23-11-13-25(14-12-23)49-17-16-40-51/h7-9,11-14,20,27-29,31,39-40H,5-6,10,15-19,37,51-53H2,1-4H3,(H,38,44)(H,41,45)(H,42,47)(H,43,46)/t27-,28-,29-,31+/m0/s1. The third-order valence-corrected chi connectivity index (χ3v) is 12.0. The lowest BCUT2D eigenvalue weighted by Crippen LogP contribution is -2.62. The average molecular weight is 822 g/mol. The summed E-state index contributed by atoms with van der Waals surface area (Å²) < 4.78 is 9.73. The number of unbranched alkanes of at least 4 members (excludes halogenated alkanes) is 1. The molecule has 7 atom stereocenters. The minimum absolute atomic E-state index is 0.113. The third-order valence-electron chi connectivity index (χ3n) is 8.86. The summed E-state index contributed by atoms with van der Waals surface area (Å²) in [7, 11) is 6.83. The number of aromatic nitrogens is 1. The molecule has 1 aromatic heterocycles. The number of hydrogen-bond acceptors (Lipinski definition) is 10. The smallest absolute Gasteiger partial charge is 0.331 e. The van der Waals surface area contributed by atoms with Crippen LogP contribution in [-0.4, -0.2) is 83.2 Å². The van der Waals surface area contributed by atoms with Crippen LogP contribution in [0.3, 0.4) is 0 Å². The second kappa shape index (κ2) is 22.3. The van der Waals surface area contributed by atoms with Gasteiger partial charge in [0.05, 0.1) is 15.5 Å². The zero-order valence-electron chi connectivity index (χ0n) is 31.2. The molecule has 14 nitrogen and oxygen atoms in total. The molecule has 54 heavy (non-hydrogen) atoms. The van der Waals surface area contributed by atoms with Crippen LogP contribution < -0.4 is 36.8 Å². The second-order valence-corrected chi connectivity index (χ2v) is 16.1. The summed E-state index contributed by atoms with van der Waals surface area (Å²) in [6, 6.07) is 8.79. The zero-order chi connectivity index (χ0) is 39.8. The van der Waals surface area contributed by atoms with Crippen molar-refractivity contribution >= 4 is 79.2 Å². The van der Waals surface area contributed by atoms with Crippen molar-refractivity contribution in [3.8, 4) is 5.75 Å². The summed E-state index contributed by atoms with van der Waals surface area (Å²) in [4.78, 5) is 69.0. The molecular weight excluding hydrogens is 767 g/mol. The number of nitrogens with one attached hydrogen (secondary N) is 6.